The van der Waals surface area contributed by atoms with Gasteiger partial charge in [0.15, 0.2) is 0 Å². The molecule has 0 spiro atoms. The van der Waals surface area contributed by atoms with Gasteiger partial charge in [-0.2, -0.15) is 8.78 Å². The number of rotatable bonds is 5. The Morgan fingerprint density at radius 1 is 1.16 bits per heavy atom. The van der Waals surface area contributed by atoms with E-state index >= 15 is 0 Å². The predicted octanol–water partition coefficient (Wildman–Crippen LogP) is 4.46. The maximum atomic E-state index is 12.7. The van der Waals surface area contributed by atoms with Crippen molar-refractivity contribution in [2.45, 2.75) is 25.4 Å². The van der Waals surface area contributed by atoms with Gasteiger partial charge in [-0.05, 0) is 59.5 Å². The number of hydrogen-bond donors (Lipinski definition) is 2. The largest absolute Gasteiger partial charge is 0.435 e. The van der Waals surface area contributed by atoms with E-state index in [0.717, 1.165) is 22.3 Å². The lowest BCUT2D eigenvalue weighted by molar-refractivity contribution is -0.0931. The SMILES string of the molecule is Cc1cc(C2(c3cccc(-c4ccc(Cl)nc4)c3)CNCC(N)O2)ccc1OC(F)F. The number of pyridine rings is 1. The van der Waals surface area contributed by atoms with E-state index in [1.165, 1.54) is 6.07 Å². The minimum Gasteiger partial charge on any atom is -0.435 e. The predicted molar refractivity (Wildman–Crippen MR) is 115 cm³/mol. The van der Waals surface area contributed by atoms with Crippen LogP contribution < -0.4 is 15.8 Å². The Balaban J connectivity index is 1.80. The van der Waals surface area contributed by atoms with Crippen molar-refractivity contribution in [3.05, 3.63) is 82.6 Å². The first kappa shape index (κ1) is 21.6. The molecule has 162 valence electrons. The lowest BCUT2D eigenvalue weighted by Gasteiger charge is -2.41. The Labute approximate surface area is 184 Å². The number of morpholine rings is 1. The van der Waals surface area contributed by atoms with Gasteiger partial charge in [0.25, 0.3) is 0 Å². The Bertz CT molecular complexity index is 1060. The van der Waals surface area contributed by atoms with E-state index in [2.05, 4.69) is 15.0 Å². The van der Waals surface area contributed by atoms with Crippen LogP contribution in [0.5, 0.6) is 5.75 Å². The number of alkyl halides is 2. The number of ether oxygens (including phenoxy) is 2. The van der Waals surface area contributed by atoms with Crippen molar-refractivity contribution in [3.63, 3.8) is 0 Å². The van der Waals surface area contributed by atoms with Crippen LogP contribution in [0.15, 0.2) is 60.8 Å². The maximum absolute atomic E-state index is 12.7. The number of hydrogen-bond acceptors (Lipinski definition) is 5. The van der Waals surface area contributed by atoms with Crippen LogP contribution in [-0.2, 0) is 10.3 Å². The van der Waals surface area contributed by atoms with Crippen LogP contribution >= 0.6 is 11.6 Å². The molecule has 1 saturated heterocycles. The average Bonchev–Trinajstić information content (AvgIpc) is 2.75. The molecule has 8 heteroatoms. The summed E-state index contributed by atoms with van der Waals surface area (Å²) in [5, 5.41) is 3.74. The molecule has 3 N–H and O–H groups in total. The molecule has 1 fully saturated rings. The third kappa shape index (κ3) is 4.55. The summed E-state index contributed by atoms with van der Waals surface area (Å²) in [4.78, 5) is 4.16. The molecule has 1 aliphatic heterocycles. The molecule has 4 rings (SSSR count). The Morgan fingerprint density at radius 3 is 2.65 bits per heavy atom. The lowest BCUT2D eigenvalue weighted by atomic mass is 9.83. The summed E-state index contributed by atoms with van der Waals surface area (Å²) in [5.41, 5.74) is 9.35. The van der Waals surface area contributed by atoms with E-state index < -0.39 is 18.4 Å². The van der Waals surface area contributed by atoms with Crippen LogP contribution in [0.4, 0.5) is 8.78 Å². The van der Waals surface area contributed by atoms with Crippen LogP contribution in [0, 0.1) is 6.92 Å². The van der Waals surface area contributed by atoms with E-state index in [4.69, 9.17) is 22.1 Å². The van der Waals surface area contributed by atoms with Gasteiger partial charge < -0.3 is 20.5 Å². The van der Waals surface area contributed by atoms with Gasteiger partial charge >= 0.3 is 6.61 Å². The standard InChI is InChI=1S/C23H22ClF2N3O2/c1-14-9-18(6-7-19(14)30-22(25)26)23(13-28-12-21(27)31-23)17-4-2-3-15(10-17)16-5-8-20(24)29-11-16/h2-11,21-22,28H,12-13,27H2,1H3. The van der Waals surface area contributed by atoms with Crippen LogP contribution in [0.3, 0.4) is 0 Å². The molecule has 1 aromatic heterocycles. The first-order valence-corrected chi connectivity index (χ1v) is 10.2. The summed E-state index contributed by atoms with van der Waals surface area (Å²) in [6.45, 7) is -0.184. The second kappa shape index (κ2) is 8.88. The zero-order valence-corrected chi connectivity index (χ0v) is 17.6. The summed E-state index contributed by atoms with van der Waals surface area (Å²) in [6.07, 6.45) is 1.17. The number of aryl methyl sites for hydroxylation is 1. The van der Waals surface area contributed by atoms with Gasteiger partial charge in [0.2, 0.25) is 0 Å². The number of aromatic nitrogens is 1. The highest BCUT2D eigenvalue weighted by Crippen LogP contribution is 2.39. The van der Waals surface area contributed by atoms with Crippen LogP contribution in [-0.4, -0.2) is 30.9 Å². The fourth-order valence-corrected chi connectivity index (χ4v) is 3.98. The molecule has 0 saturated carbocycles. The topological polar surface area (TPSA) is 69.4 Å². The fourth-order valence-electron chi connectivity index (χ4n) is 3.86. The molecule has 0 aliphatic carbocycles. The third-order valence-corrected chi connectivity index (χ3v) is 5.54. The molecule has 2 atom stereocenters. The quantitative estimate of drug-likeness (QED) is 0.567. The summed E-state index contributed by atoms with van der Waals surface area (Å²) >= 11 is 5.92. The zero-order chi connectivity index (χ0) is 22.0. The van der Waals surface area contributed by atoms with Gasteiger partial charge in [-0.1, -0.05) is 35.9 Å². The zero-order valence-electron chi connectivity index (χ0n) is 16.8. The molecule has 2 unspecified atom stereocenters. The van der Waals surface area contributed by atoms with Crippen molar-refractivity contribution in [3.8, 4) is 16.9 Å². The van der Waals surface area contributed by atoms with Gasteiger partial charge in [-0.15, -0.1) is 0 Å². The van der Waals surface area contributed by atoms with Crippen molar-refractivity contribution in [2.75, 3.05) is 13.1 Å². The Kier molecular flexibility index (Phi) is 6.20. The molecule has 31 heavy (non-hydrogen) atoms. The van der Waals surface area contributed by atoms with E-state index in [0.29, 0.717) is 23.8 Å². The molecule has 2 aromatic carbocycles. The molecule has 3 aromatic rings. The average molecular weight is 446 g/mol. The first-order chi connectivity index (χ1) is 14.9. The van der Waals surface area contributed by atoms with Gasteiger partial charge in [-0.3, -0.25) is 0 Å². The normalized spacial score (nSPS) is 21.3. The number of halogens is 3. The summed E-state index contributed by atoms with van der Waals surface area (Å²) in [5.74, 6) is 0.128. The molecular weight excluding hydrogens is 424 g/mol. The lowest BCUT2D eigenvalue weighted by Crippen LogP contribution is -2.55. The molecule has 0 radical (unpaired) electrons. The van der Waals surface area contributed by atoms with Crippen molar-refractivity contribution in [1.29, 1.82) is 0 Å². The highest BCUT2D eigenvalue weighted by Gasteiger charge is 2.40. The summed E-state index contributed by atoms with van der Waals surface area (Å²) < 4.78 is 36.3. The fraction of sp³-hybridized carbons (Fsp3) is 0.261. The highest BCUT2D eigenvalue weighted by atomic mass is 35.5. The summed E-state index contributed by atoms with van der Waals surface area (Å²) in [6, 6.07) is 16.6. The Hall–Kier alpha value is -2.58. The maximum Gasteiger partial charge on any atom is 0.387 e. The second-order valence-corrected chi connectivity index (χ2v) is 7.81. The molecule has 1 aliphatic rings. The second-order valence-electron chi connectivity index (χ2n) is 7.42. The van der Waals surface area contributed by atoms with Gasteiger partial charge in [0.05, 0.1) is 0 Å². The highest BCUT2D eigenvalue weighted by molar-refractivity contribution is 6.29. The van der Waals surface area contributed by atoms with Crippen LogP contribution in [0.1, 0.15) is 16.7 Å². The van der Waals surface area contributed by atoms with E-state index in [1.54, 1.807) is 31.3 Å². The number of nitrogens with zero attached hydrogens (tertiary/aromatic N) is 1. The Morgan fingerprint density at radius 2 is 1.97 bits per heavy atom. The van der Waals surface area contributed by atoms with Crippen LogP contribution in [0.25, 0.3) is 11.1 Å². The molecule has 0 amide bonds. The van der Waals surface area contributed by atoms with Gasteiger partial charge in [0, 0.05) is 24.8 Å². The minimum atomic E-state index is -2.89. The van der Waals surface area contributed by atoms with Crippen molar-refractivity contribution in [2.24, 2.45) is 5.73 Å². The molecule has 2 heterocycles. The van der Waals surface area contributed by atoms with E-state index in [9.17, 15) is 8.78 Å². The van der Waals surface area contributed by atoms with Gasteiger partial charge in [-0.25, -0.2) is 4.98 Å². The van der Waals surface area contributed by atoms with E-state index in [-0.39, 0.29) is 5.75 Å². The molecular formula is C23H22ClF2N3O2. The van der Waals surface area contributed by atoms with Gasteiger partial charge in [0.1, 0.15) is 22.7 Å². The number of benzene rings is 2. The molecule has 0 bridgehead atoms. The van der Waals surface area contributed by atoms with Crippen molar-refractivity contribution >= 4 is 11.6 Å². The van der Waals surface area contributed by atoms with Crippen molar-refractivity contribution in [1.82, 2.24) is 10.3 Å². The summed E-state index contributed by atoms with van der Waals surface area (Å²) in [7, 11) is 0. The first-order valence-electron chi connectivity index (χ1n) is 9.80. The molecule has 5 nitrogen and oxygen atoms in total. The number of nitrogens with two attached hydrogens (primary N) is 1. The van der Waals surface area contributed by atoms with Crippen LogP contribution in [0.2, 0.25) is 5.15 Å². The minimum absolute atomic E-state index is 0.128. The number of nitrogens with one attached hydrogen (secondary N) is 1. The van der Waals surface area contributed by atoms with E-state index in [1.807, 2.05) is 30.3 Å². The van der Waals surface area contributed by atoms with Crippen molar-refractivity contribution < 1.29 is 18.3 Å². The third-order valence-electron chi connectivity index (χ3n) is 5.32. The smallest absolute Gasteiger partial charge is 0.387 e. The monoisotopic (exact) mass is 445 g/mol.